The molecule has 0 fully saturated rings. The van der Waals surface area contributed by atoms with Gasteiger partial charge in [-0.15, -0.1) is 0 Å². The van der Waals surface area contributed by atoms with E-state index in [1.54, 1.807) is 53.4 Å². The number of phenols is 1. The summed E-state index contributed by atoms with van der Waals surface area (Å²) < 4.78 is 5.23. The summed E-state index contributed by atoms with van der Waals surface area (Å²) in [5.74, 6) is 0.266. The summed E-state index contributed by atoms with van der Waals surface area (Å²) in [5, 5.41) is 13.9. The number of carbonyl (C=O) groups excluding carboxylic acids is 1. The lowest BCUT2D eigenvalue weighted by molar-refractivity contribution is 0.0975. The Morgan fingerprint density at radius 2 is 1.81 bits per heavy atom. The van der Waals surface area contributed by atoms with E-state index in [2.05, 4.69) is 5.32 Å². The van der Waals surface area contributed by atoms with E-state index in [1.807, 2.05) is 18.2 Å². The van der Waals surface area contributed by atoms with Gasteiger partial charge >= 0.3 is 0 Å². The predicted molar refractivity (Wildman–Crippen MR) is 106 cm³/mol. The number of benzene rings is 3. The Morgan fingerprint density at radius 3 is 2.56 bits per heavy atom. The van der Waals surface area contributed by atoms with Crippen LogP contribution in [0.3, 0.4) is 0 Å². The molecule has 2 N–H and O–H groups in total. The number of para-hydroxylation sites is 1. The average Bonchev–Trinajstić information content (AvgIpc) is 2.69. The molecule has 0 aromatic heterocycles. The average molecular weight is 381 g/mol. The molecule has 5 nitrogen and oxygen atoms in total. The Labute approximate surface area is 161 Å². The maximum absolute atomic E-state index is 13.3. The monoisotopic (exact) mass is 380 g/mol. The van der Waals surface area contributed by atoms with Gasteiger partial charge in [0.1, 0.15) is 6.17 Å². The van der Waals surface area contributed by atoms with Crippen molar-refractivity contribution in [1.82, 2.24) is 0 Å². The molecule has 27 heavy (non-hydrogen) atoms. The Morgan fingerprint density at radius 1 is 1.07 bits per heavy atom. The van der Waals surface area contributed by atoms with Gasteiger partial charge in [-0.2, -0.15) is 0 Å². The standard InChI is InChI=1S/C21H17ClN2O3/c1-27-19-12-13(6-11-18(19)25)20-23-17-5-3-2-4-16(17)21(26)24(20)15-9-7-14(22)8-10-15/h2-12,20,23,25H,1H3/t20-/m0/s1. The van der Waals surface area contributed by atoms with Crippen molar-refractivity contribution >= 4 is 28.9 Å². The van der Waals surface area contributed by atoms with Crippen molar-refractivity contribution in [1.29, 1.82) is 0 Å². The number of anilines is 2. The van der Waals surface area contributed by atoms with E-state index >= 15 is 0 Å². The van der Waals surface area contributed by atoms with Gasteiger partial charge in [0, 0.05) is 16.4 Å². The van der Waals surface area contributed by atoms with Crippen molar-refractivity contribution in [3.05, 3.63) is 82.9 Å². The van der Waals surface area contributed by atoms with E-state index in [9.17, 15) is 9.90 Å². The second-order valence-corrected chi connectivity index (χ2v) is 6.61. The van der Waals surface area contributed by atoms with Crippen LogP contribution < -0.4 is 15.0 Å². The minimum absolute atomic E-state index is 0.0434. The summed E-state index contributed by atoms with van der Waals surface area (Å²) >= 11 is 6.02. The zero-order valence-corrected chi connectivity index (χ0v) is 15.3. The van der Waals surface area contributed by atoms with Crippen LogP contribution >= 0.6 is 11.6 Å². The number of hydrogen-bond acceptors (Lipinski definition) is 4. The molecular formula is C21H17ClN2O3. The highest BCUT2D eigenvalue weighted by Gasteiger charge is 2.34. The molecule has 0 spiro atoms. The normalized spacial score (nSPS) is 15.9. The first kappa shape index (κ1) is 17.2. The van der Waals surface area contributed by atoms with Crippen molar-refractivity contribution in [2.24, 2.45) is 0 Å². The highest BCUT2D eigenvalue weighted by Crippen LogP contribution is 2.39. The number of phenolic OH excluding ortho intramolecular Hbond substituents is 1. The zero-order valence-electron chi connectivity index (χ0n) is 14.5. The summed E-state index contributed by atoms with van der Waals surface area (Å²) in [7, 11) is 1.49. The molecule has 0 unspecified atom stereocenters. The van der Waals surface area contributed by atoms with Gasteiger partial charge in [0.25, 0.3) is 5.91 Å². The molecule has 6 heteroatoms. The largest absolute Gasteiger partial charge is 0.504 e. The number of methoxy groups -OCH3 is 1. The number of ether oxygens (including phenoxy) is 1. The number of amides is 1. The summed E-state index contributed by atoms with van der Waals surface area (Å²) in [5.41, 5.74) is 2.84. The molecule has 1 heterocycles. The lowest BCUT2D eigenvalue weighted by atomic mass is 10.0. The van der Waals surface area contributed by atoms with E-state index in [4.69, 9.17) is 16.3 Å². The summed E-state index contributed by atoms with van der Waals surface area (Å²) in [4.78, 5) is 15.0. The third-order valence-corrected chi connectivity index (χ3v) is 4.80. The number of aromatic hydroxyl groups is 1. The van der Waals surface area contributed by atoms with Crippen molar-refractivity contribution in [2.45, 2.75) is 6.17 Å². The van der Waals surface area contributed by atoms with E-state index in [-0.39, 0.29) is 11.7 Å². The minimum Gasteiger partial charge on any atom is -0.504 e. The lowest BCUT2D eigenvalue weighted by Gasteiger charge is -2.38. The van der Waals surface area contributed by atoms with E-state index in [1.165, 1.54) is 7.11 Å². The van der Waals surface area contributed by atoms with Crippen LogP contribution in [0.15, 0.2) is 66.7 Å². The fourth-order valence-corrected chi connectivity index (χ4v) is 3.35. The highest BCUT2D eigenvalue weighted by molar-refractivity contribution is 6.30. The summed E-state index contributed by atoms with van der Waals surface area (Å²) in [6, 6.07) is 19.5. The molecule has 1 aliphatic rings. The van der Waals surface area contributed by atoms with Crippen LogP contribution in [0, 0.1) is 0 Å². The van der Waals surface area contributed by atoms with Crippen LogP contribution in [0.5, 0.6) is 11.5 Å². The van der Waals surface area contributed by atoms with Crippen molar-refractivity contribution in [3.8, 4) is 11.5 Å². The van der Waals surface area contributed by atoms with Crippen LogP contribution in [0.2, 0.25) is 5.02 Å². The number of hydrogen-bond donors (Lipinski definition) is 2. The first-order chi connectivity index (χ1) is 13.1. The molecule has 0 saturated heterocycles. The van der Waals surface area contributed by atoms with Gasteiger partial charge in [0.2, 0.25) is 0 Å². The predicted octanol–water partition coefficient (Wildman–Crippen LogP) is 4.83. The number of nitrogens with zero attached hydrogens (tertiary/aromatic N) is 1. The summed E-state index contributed by atoms with van der Waals surface area (Å²) in [6.07, 6.45) is -0.469. The van der Waals surface area contributed by atoms with Gasteiger partial charge in [-0.25, -0.2) is 0 Å². The smallest absolute Gasteiger partial charge is 0.262 e. The fourth-order valence-electron chi connectivity index (χ4n) is 3.22. The Kier molecular flexibility index (Phi) is 4.38. The number of carbonyl (C=O) groups is 1. The van der Waals surface area contributed by atoms with E-state index < -0.39 is 6.17 Å². The maximum atomic E-state index is 13.3. The molecule has 0 saturated carbocycles. The molecule has 136 valence electrons. The third-order valence-electron chi connectivity index (χ3n) is 4.55. The SMILES string of the molecule is COc1cc([C@H]2Nc3ccccc3C(=O)N2c2ccc(Cl)cc2)ccc1O. The molecule has 0 aliphatic carbocycles. The quantitative estimate of drug-likeness (QED) is 0.683. The molecular weight excluding hydrogens is 364 g/mol. The lowest BCUT2D eigenvalue weighted by Crippen LogP contribution is -2.43. The topological polar surface area (TPSA) is 61.8 Å². The second kappa shape index (κ2) is 6.85. The number of halogens is 1. The molecule has 1 amide bonds. The minimum atomic E-state index is -0.469. The molecule has 3 aromatic rings. The van der Waals surface area contributed by atoms with Crippen molar-refractivity contribution < 1.29 is 14.6 Å². The molecule has 1 atom stereocenters. The highest BCUT2D eigenvalue weighted by atomic mass is 35.5. The van der Waals surface area contributed by atoms with Crippen molar-refractivity contribution in [3.63, 3.8) is 0 Å². The number of nitrogens with one attached hydrogen (secondary N) is 1. The number of rotatable bonds is 3. The van der Waals surface area contributed by atoms with E-state index in [0.717, 1.165) is 11.3 Å². The third kappa shape index (κ3) is 3.06. The van der Waals surface area contributed by atoms with Gasteiger partial charge in [-0.3, -0.25) is 9.69 Å². The number of fused-ring (bicyclic) bond motifs is 1. The van der Waals surface area contributed by atoms with Gasteiger partial charge in [-0.05, 0) is 54.1 Å². The molecule has 0 radical (unpaired) electrons. The van der Waals surface area contributed by atoms with Gasteiger partial charge in [0.05, 0.1) is 12.7 Å². The van der Waals surface area contributed by atoms with Crippen LogP contribution in [-0.4, -0.2) is 18.1 Å². The molecule has 4 rings (SSSR count). The van der Waals surface area contributed by atoms with Crippen LogP contribution in [0.25, 0.3) is 0 Å². The van der Waals surface area contributed by atoms with Crippen molar-refractivity contribution in [2.75, 3.05) is 17.3 Å². The zero-order chi connectivity index (χ0) is 19.0. The van der Waals surface area contributed by atoms with Crippen LogP contribution in [-0.2, 0) is 0 Å². The molecule has 3 aromatic carbocycles. The van der Waals surface area contributed by atoms with Crippen LogP contribution in [0.1, 0.15) is 22.1 Å². The van der Waals surface area contributed by atoms with Gasteiger partial charge in [-0.1, -0.05) is 29.8 Å². The second-order valence-electron chi connectivity index (χ2n) is 6.18. The Bertz CT molecular complexity index is 1000. The first-order valence-corrected chi connectivity index (χ1v) is 8.78. The maximum Gasteiger partial charge on any atom is 0.262 e. The van der Waals surface area contributed by atoms with Crippen LogP contribution in [0.4, 0.5) is 11.4 Å². The fraction of sp³-hybridized carbons (Fsp3) is 0.0952. The molecule has 0 bridgehead atoms. The van der Waals surface area contributed by atoms with E-state index in [0.29, 0.717) is 22.0 Å². The Balaban J connectivity index is 1.86. The van der Waals surface area contributed by atoms with Gasteiger partial charge < -0.3 is 15.2 Å². The van der Waals surface area contributed by atoms with Gasteiger partial charge in [0.15, 0.2) is 11.5 Å². The first-order valence-electron chi connectivity index (χ1n) is 8.40. The summed E-state index contributed by atoms with van der Waals surface area (Å²) in [6.45, 7) is 0. The molecule has 1 aliphatic heterocycles. The Hall–Kier alpha value is -3.18.